The van der Waals surface area contributed by atoms with E-state index in [2.05, 4.69) is 10.0 Å². The van der Waals surface area contributed by atoms with E-state index in [1.165, 1.54) is 6.07 Å². The minimum Gasteiger partial charge on any atom is -0.313 e. The normalized spacial score (nSPS) is 12.8. The van der Waals surface area contributed by atoms with Gasteiger partial charge in [-0.15, -0.1) is 12.4 Å². The van der Waals surface area contributed by atoms with E-state index >= 15 is 0 Å². The highest BCUT2D eigenvalue weighted by atomic mass is 35.5. The van der Waals surface area contributed by atoms with Crippen LogP contribution in [-0.2, 0) is 10.0 Å². The number of halogens is 4. The summed E-state index contributed by atoms with van der Waals surface area (Å²) >= 11 is 11.2. The molecule has 0 saturated carbocycles. The zero-order valence-electron chi connectivity index (χ0n) is 10.9. The Hall–Kier alpha value is -0.110. The minimum absolute atomic E-state index is 0. The van der Waals surface area contributed by atoms with Crippen LogP contribution in [0.15, 0.2) is 17.0 Å². The highest BCUT2D eigenvalue weighted by Crippen LogP contribution is 2.29. The molecular formula is C11H16Cl3FN2O2S. The summed E-state index contributed by atoms with van der Waals surface area (Å²) in [7, 11) is -3.86. The number of benzene rings is 1. The van der Waals surface area contributed by atoms with Crippen molar-refractivity contribution in [2.75, 3.05) is 13.1 Å². The second-order valence-corrected chi connectivity index (χ2v) is 6.50. The molecule has 0 unspecified atom stereocenters. The van der Waals surface area contributed by atoms with E-state index in [0.717, 1.165) is 12.6 Å². The van der Waals surface area contributed by atoms with Crippen molar-refractivity contribution >= 4 is 45.6 Å². The predicted molar refractivity (Wildman–Crippen MR) is 82.0 cm³/mol. The summed E-state index contributed by atoms with van der Waals surface area (Å²) in [4.78, 5) is -0.320. The van der Waals surface area contributed by atoms with Crippen LogP contribution in [0.2, 0.25) is 10.0 Å². The van der Waals surface area contributed by atoms with E-state index in [1.807, 2.05) is 13.8 Å². The van der Waals surface area contributed by atoms with Gasteiger partial charge in [0.2, 0.25) is 10.0 Å². The molecule has 4 nitrogen and oxygen atoms in total. The summed E-state index contributed by atoms with van der Waals surface area (Å²) < 4.78 is 39.8. The number of nitrogens with one attached hydrogen (secondary N) is 2. The second-order valence-electron chi connectivity index (χ2n) is 3.98. The number of hydrogen-bond donors (Lipinski definition) is 2. The van der Waals surface area contributed by atoms with Crippen molar-refractivity contribution < 1.29 is 12.8 Å². The molecule has 0 saturated heterocycles. The zero-order valence-corrected chi connectivity index (χ0v) is 14.1. The Morgan fingerprint density at radius 3 is 2.50 bits per heavy atom. The first kappa shape index (κ1) is 19.9. The molecule has 0 aromatic heterocycles. The van der Waals surface area contributed by atoms with Crippen LogP contribution in [0.25, 0.3) is 0 Å². The molecule has 0 aliphatic carbocycles. The van der Waals surface area contributed by atoms with Gasteiger partial charge >= 0.3 is 0 Å². The van der Waals surface area contributed by atoms with Gasteiger partial charge in [-0.1, -0.05) is 30.1 Å². The van der Waals surface area contributed by atoms with Gasteiger partial charge in [0.1, 0.15) is 4.90 Å². The van der Waals surface area contributed by atoms with Crippen LogP contribution in [0.4, 0.5) is 4.39 Å². The van der Waals surface area contributed by atoms with Gasteiger partial charge in [0.25, 0.3) is 0 Å². The first-order valence-corrected chi connectivity index (χ1v) is 7.90. The maximum absolute atomic E-state index is 13.5. The number of likely N-dealkylation sites (N-methyl/N-ethyl adjacent to an activating group) is 1. The molecule has 0 radical (unpaired) electrons. The SMILES string of the molecule is CCN[C@H](C)CNS(=O)(=O)c1ccc(Cl)c(F)c1Cl.Cl. The van der Waals surface area contributed by atoms with E-state index in [1.54, 1.807) is 0 Å². The molecule has 1 aromatic rings. The molecule has 0 heterocycles. The van der Waals surface area contributed by atoms with Crippen molar-refractivity contribution in [1.82, 2.24) is 10.0 Å². The van der Waals surface area contributed by atoms with Gasteiger partial charge in [0.15, 0.2) is 5.82 Å². The van der Waals surface area contributed by atoms with Crippen molar-refractivity contribution in [2.45, 2.75) is 24.8 Å². The predicted octanol–water partition coefficient (Wildman–Crippen LogP) is 2.83. The average Bonchev–Trinajstić information content (AvgIpc) is 2.34. The van der Waals surface area contributed by atoms with Crippen LogP contribution in [0.5, 0.6) is 0 Å². The fourth-order valence-corrected chi connectivity index (χ4v) is 3.32. The van der Waals surface area contributed by atoms with E-state index < -0.39 is 20.9 Å². The summed E-state index contributed by atoms with van der Waals surface area (Å²) in [6.07, 6.45) is 0. The molecule has 1 aromatic carbocycles. The largest absolute Gasteiger partial charge is 0.313 e. The molecule has 116 valence electrons. The Morgan fingerprint density at radius 1 is 1.35 bits per heavy atom. The molecule has 0 aliphatic heterocycles. The van der Waals surface area contributed by atoms with Gasteiger partial charge in [-0.25, -0.2) is 17.5 Å². The van der Waals surface area contributed by atoms with Gasteiger partial charge in [-0.2, -0.15) is 0 Å². The lowest BCUT2D eigenvalue weighted by molar-refractivity contribution is 0.535. The summed E-state index contributed by atoms with van der Waals surface area (Å²) in [5.41, 5.74) is 0. The van der Waals surface area contributed by atoms with Crippen LogP contribution >= 0.6 is 35.6 Å². The first-order chi connectivity index (χ1) is 8.79. The van der Waals surface area contributed by atoms with Crippen LogP contribution < -0.4 is 10.0 Å². The Kier molecular flexibility index (Phi) is 8.32. The fraction of sp³-hybridized carbons (Fsp3) is 0.455. The van der Waals surface area contributed by atoms with Crippen LogP contribution in [0, 0.1) is 5.82 Å². The smallest absolute Gasteiger partial charge is 0.242 e. The van der Waals surface area contributed by atoms with Gasteiger partial charge in [-0.3, -0.25) is 0 Å². The molecule has 0 bridgehead atoms. The van der Waals surface area contributed by atoms with Crippen molar-refractivity contribution in [3.8, 4) is 0 Å². The molecule has 20 heavy (non-hydrogen) atoms. The third-order valence-corrected chi connectivity index (χ3v) is 4.66. The molecule has 0 spiro atoms. The van der Waals surface area contributed by atoms with Crippen molar-refractivity contribution in [3.05, 3.63) is 28.0 Å². The van der Waals surface area contributed by atoms with E-state index in [9.17, 15) is 12.8 Å². The Morgan fingerprint density at radius 2 is 1.95 bits per heavy atom. The highest BCUT2D eigenvalue weighted by Gasteiger charge is 2.22. The topological polar surface area (TPSA) is 58.2 Å². The summed E-state index contributed by atoms with van der Waals surface area (Å²) in [6.45, 7) is 4.64. The van der Waals surface area contributed by atoms with Crippen LogP contribution in [0.1, 0.15) is 13.8 Å². The van der Waals surface area contributed by atoms with Gasteiger partial charge in [0.05, 0.1) is 10.0 Å². The Balaban J connectivity index is 0.00000361. The quantitative estimate of drug-likeness (QED) is 0.762. The third-order valence-electron chi connectivity index (χ3n) is 2.42. The van der Waals surface area contributed by atoms with Gasteiger partial charge in [0, 0.05) is 12.6 Å². The molecule has 1 atom stereocenters. The molecule has 0 aliphatic rings. The summed E-state index contributed by atoms with van der Waals surface area (Å²) in [6, 6.07) is 2.29. The van der Waals surface area contributed by atoms with Crippen LogP contribution in [-0.4, -0.2) is 27.5 Å². The van der Waals surface area contributed by atoms with Gasteiger partial charge < -0.3 is 5.32 Å². The molecule has 9 heteroatoms. The fourth-order valence-electron chi connectivity index (χ4n) is 1.45. The molecular weight excluding hydrogens is 350 g/mol. The zero-order chi connectivity index (χ0) is 14.6. The van der Waals surface area contributed by atoms with E-state index in [4.69, 9.17) is 23.2 Å². The van der Waals surface area contributed by atoms with Crippen molar-refractivity contribution in [1.29, 1.82) is 0 Å². The highest BCUT2D eigenvalue weighted by molar-refractivity contribution is 7.89. The lowest BCUT2D eigenvalue weighted by Gasteiger charge is -2.14. The lowest BCUT2D eigenvalue weighted by Crippen LogP contribution is -2.38. The number of hydrogen-bond acceptors (Lipinski definition) is 3. The standard InChI is InChI=1S/C11H15Cl2FN2O2S.ClH/c1-3-15-7(2)6-16-19(17,18)9-5-4-8(12)11(14)10(9)13;/h4-5,7,15-16H,3,6H2,1-2H3;1H/t7-;/m1./s1. The van der Waals surface area contributed by atoms with E-state index in [-0.39, 0.29) is 34.9 Å². The summed E-state index contributed by atoms with van der Waals surface area (Å²) in [5, 5.41) is 2.33. The average molecular weight is 366 g/mol. The van der Waals surface area contributed by atoms with E-state index in [0.29, 0.717) is 0 Å². The minimum atomic E-state index is -3.86. The number of sulfonamides is 1. The maximum Gasteiger partial charge on any atom is 0.242 e. The maximum atomic E-state index is 13.5. The van der Waals surface area contributed by atoms with Crippen molar-refractivity contribution in [2.24, 2.45) is 0 Å². The third kappa shape index (κ3) is 5.02. The lowest BCUT2D eigenvalue weighted by atomic mass is 10.3. The van der Waals surface area contributed by atoms with Crippen molar-refractivity contribution in [3.63, 3.8) is 0 Å². The summed E-state index contributed by atoms with van der Waals surface area (Å²) in [5.74, 6) is -0.939. The molecule has 0 fully saturated rings. The van der Waals surface area contributed by atoms with Gasteiger partial charge in [-0.05, 0) is 25.6 Å². The number of rotatable bonds is 6. The first-order valence-electron chi connectivity index (χ1n) is 5.66. The molecule has 0 amide bonds. The molecule has 1 rings (SSSR count). The Labute approximate surface area is 134 Å². The monoisotopic (exact) mass is 364 g/mol. The van der Waals surface area contributed by atoms with Crippen LogP contribution in [0.3, 0.4) is 0 Å². The second kappa shape index (κ2) is 8.36. The molecule has 2 N–H and O–H groups in total. The Bertz CT molecular complexity index is 555.